The van der Waals surface area contributed by atoms with Crippen LogP contribution in [0, 0.1) is 13.8 Å². The molecule has 9 nitrogen and oxygen atoms in total. The molecule has 3 aromatic rings. The predicted molar refractivity (Wildman–Crippen MR) is 111 cm³/mol. The number of rotatable bonds is 6. The van der Waals surface area contributed by atoms with Crippen molar-refractivity contribution < 1.29 is 26.6 Å². The molecule has 0 saturated heterocycles. The second-order valence-corrected chi connectivity index (χ2v) is 9.09. The van der Waals surface area contributed by atoms with Gasteiger partial charge in [-0.05, 0) is 52.0 Å². The zero-order valence-corrected chi connectivity index (χ0v) is 17.7. The van der Waals surface area contributed by atoms with Gasteiger partial charge in [-0.3, -0.25) is 9.78 Å². The minimum Gasteiger partial charge on any atom is -0.450 e. The number of aromatic nitrogens is 1. The van der Waals surface area contributed by atoms with Crippen molar-refractivity contribution >= 4 is 38.6 Å². The lowest BCUT2D eigenvalue weighted by Crippen LogP contribution is -2.20. The molecule has 2 amide bonds. The van der Waals surface area contributed by atoms with Gasteiger partial charge < -0.3 is 19.7 Å². The summed E-state index contributed by atoms with van der Waals surface area (Å²) in [4.78, 5) is 28.9. The molecule has 1 aromatic carbocycles. The van der Waals surface area contributed by atoms with E-state index < -0.39 is 27.2 Å². The first kappa shape index (κ1) is 21.3. The van der Waals surface area contributed by atoms with Crippen LogP contribution in [0.15, 0.2) is 34.7 Å². The number of ketones is 1. The number of hydrogen-bond acceptors (Lipinski definition) is 7. The number of nitrogens with zero attached hydrogens (tertiary/aromatic N) is 1. The van der Waals surface area contributed by atoms with Crippen molar-refractivity contribution in [3.8, 4) is 5.75 Å². The second kappa shape index (κ2) is 7.79. The highest BCUT2D eigenvalue weighted by atomic mass is 32.2. The number of urea groups is 1. The van der Waals surface area contributed by atoms with Crippen molar-refractivity contribution in [3.63, 3.8) is 0 Å². The Balaban J connectivity index is 2.13. The zero-order chi connectivity index (χ0) is 22.2. The molecule has 10 heteroatoms. The van der Waals surface area contributed by atoms with Crippen LogP contribution in [-0.2, 0) is 10.1 Å². The molecule has 0 aliphatic rings. The number of fused-ring (bicyclic) bond motifs is 1. The molecule has 3 rings (SSSR count). The van der Waals surface area contributed by atoms with Gasteiger partial charge in [0.1, 0.15) is 17.0 Å². The van der Waals surface area contributed by atoms with Gasteiger partial charge in [0.25, 0.3) is 0 Å². The second-order valence-electron chi connectivity index (χ2n) is 6.99. The maximum atomic E-state index is 13.1. The summed E-state index contributed by atoms with van der Waals surface area (Å²) in [6.07, 6.45) is 0. The van der Waals surface area contributed by atoms with Crippen LogP contribution in [0.4, 0.5) is 10.5 Å². The molecule has 30 heavy (non-hydrogen) atoms. The third-order valence-corrected chi connectivity index (χ3v) is 5.95. The number of primary amides is 1. The summed E-state index contributed by atoms with van der Waals surface area (Å²) >= 11 is 0. The van der Waals surface area contributed by atoms with E-state index >= 15 is 0 Å². The van der Waals surface area contributed by atoms with E-state index in [0.29, 0.717) is 16.6 Å². The summed E-state index contributed by atoms with van der Waals surface area (Å²) in [5, 5.41) is 2.03. The van der Waals surface area contributed by atoms with E-state index in [1.807, 2.05) is 0 Å². The molecule has 0 spiro atoms. The van der Waals surface area contributed by atoms with Gasteiger partial charge in [-0.25, -0.2) is 4.79 Å². The Bertz CT molecular complexity index is 1260. The first-order chi connectivity index (χ1) is 14.0. The van der Waals surface area contributed by atoms with E-state index in [1.165, 1.54) is 32.0 Å². The van der Waals surface area contributed by atoms with Gasteiger partial charge in [0, 0.05) is 28.4 Å². The molecule has 0 unspecified atom stereocenters. The van der Waals surface area contributed by atoms with E-state index in [4.69, 9.17) is 14.3 Å². The first-order valence-electron chi connectivity index (χ1n) is 9.05. The monoisotopic (exact) mass is 431 g/mol. The largest absolute Gasteiger partial charge is 0.450 e. The average molecular weight is 431 g/mol. The number of benzene rings is 1. The number of pyridine rings is 1. The summed E-state index contributed by atoms with van der Waals surface area (Å²) in [6.45, 7) is 6.47. The fourth-order valence-electron chi connectivity index (χ4n) is 2.82. The van der Waals surface area contributed by atoms with Crippen molar-refractivity contribution in [2.24, 2.45) is 5.73 Å². The molecule has 0 saturated carbocycles. The molecule has 2 heterocycles. The minimum absolute atomic E-state index is 0.0164. The van der Waals surface area contributed by atoms with Gasteiger partial charge in [0.05, 0.1) is 5.25 Å². The van der Waals surface area contributed by atoms with E-state index in [2.05, 4.69) is 10.3 Å². The SMILES string of the molecule is Cc1ccc(C(=O)c2oc3cc(OS(=O)(=O)C(C)C)ccc3c2NC(N)=O)c(C)n1. The van der Waals surface area contributed by atoms with Crippen LogP contribution in [0.2, 0.25) is 0 Å². The van der Waals surface area contributed by atoms with Gasteiger partial charge in [0.2, 0.25) is 5.78 Å². The Hall–Kier alpha value is -3.40. The number of nitrogens with one attached hydrogen (secondary N) is 1. The third-order valence-electron chi connectivity index (χ3n) is 4.38. The Kier molecular flexibility index (Phi) is 5.53. The Morgan fingerprint density at radius 3 is 2.47 bits per heavy atom. The lowest BCUT2D eigenvalue weighted by atomic mass is 10.1. The van der Waals surface area contributed by atoms with Crippen LogP contribution in [0.3, 0.4) is 0 Å². The summed E-state index contributed by atoms with van der Waals surface area (Å²) < 4.78 is 34.8. The highest BCUT2D eigenvalue weighted by Gasteiger charge is 2.26. The molecule has 0 fully saturated rings. The van der Waals surface area contributed by atoms with Crippen LogP contribution in [0.1, 0.15) is 41.4 Å². The predicted octanol–water partition coefficient (Wildman–Crippen LogP) is 3.28. The van der Waals surface area contributed by atoms with Gasteiger partial charge in [-0.1, -0.05) is 0 Å². The number of furan rings is 1. The van der Waals surface area contributed by atoms with Crippen molar-refractivity contribution in [2.45, 2.75) is 32.9 Å². The summed E-state index contributed by atoms with van der Waals surface area (Å²) in [5.74, 6) is -0.638. The number of aryl methyl sites for hydroxylation is 2. The molecule has 0 aliphatic heterocycles. The van der Waals surface area contributed by atoms with Crippen LogP contribution >= 0.6 is 0 Å². The van der Waals surface area contributed by atoms with E-state index in [0.717, 1.165) is 5.69 Å². The number of nitrogens with two attached hydrogens (primary N) is 1. The van der Waals surface area contributed by atoms with E-state index in [1.54, 1.807) is 26.0 Å². The third kappa shape index (κ3) is 4.13. The molecular weight excluding hydrogens is 410 g/mol. The summed E-state index contributed by atoms with van der Waals surface area (Å²) in [5.41, 5.74) is 7.04. The van der Waals surface area contributed by atoms with Crippen molar-refractivity contribution in [3.05, 3.63) is 53.0 Å². The normalized spacial score (nSPS) is 11.6. The number of anilines is 1. The lowest BCUT2D eigenvalue weighted by Gasteiger charge is -2.09. The van der Waals surface area contributed by atoms with E-state index in [-0.39, 0.29) is 22.8 Å². The Labute approximate surface area is 173 Å². The fraction of sp³-hybridized carbons (Fsp3) is 0.250. The minimum atomic E-state index is -3.82. The highest BCUT2D eigenvalue weighted by Crippen LogP contribution is 2.35. The average Bonchev–Trinajstić information content (AvgIpc) is 2.98. The topological polar surface area (TPSA) is 142 Å². The van der Waals surface area contributed by atoms with Crippen molar-refractivity contribution in [1.82, 2.24) is 4.98 Å². The standard InChI is InChI=1S/C20H21N3O6S/c1-10(2)30(26,27)29-13-6-8-15-16(9-13)28-19(17(15)23-20(21)25)18(24)14-7-5-11(3)22-12(14)4/h5-10H,1-4H3,(H3,21,23,25). The van der Waals surface area contributed by atoms with Gasteiger partial charge in [0.15, 0.2) is 5.76 Å². The number of amides is 2. The maximum Gasteiger partial charge on any atom is 0.316 e. The summed E-state index contributed by atoms with van der Waals surface area (Å²) in [6, 6.07) is 6.63. The number of hydrogen-bond donors (Lipinski definition) is 2. The Morgan fingerprint density at radius 2 is 1.87 bits per heavy atom. The van der Waals surface area contributed by atoms with Gasteiger partial charge in [-0.2, -0.15) is 8.42 Å². The number of carbonyl (C=O) groups excluding carboxylic acids is 2. The molecule has 0 atom stereocenters. The molecule has 158 valence electrons. The fourth-order valence-corrected chi connectivity index (χ4v) is 3.38. The van der Waals surface area contributed by atoms with Crippen molar-refractivity contribution in [1.29, 1.82) is 0 Å². The molecule has 3 N–H and O–H groups in total. The summed E-state index contributed by atoms with van der Waals surface area (Å²) in [7, 11) is -3.82. The van der Waals surface area contributed by atoms with Gasteiger partial charge in [-0.15, -0.1) is 0 Å². The highest BCUT2D eigenvalue weighted by molar-refractivity contribution is 7.87. The smallest absolute Gasteiger partial charge is 0.316 e. The molecule has 2 aromatic heterocycles. The van der Waals surface area contributed by atoms with Crippen LogP contribution in [0.5, 0.6) is 5.75 Å². The van der Waals surface area contributed by atoms with E-state index in [9.17, 15) is 18.0 Å². The quantitative estimate of drug-likeness (QED) is 0.450. The number of carbonyl (C=O) groups is 2. The lowest BCUT2D eigenvalue weighted by molar-refractivity contribution is 0.101. The first-order valence-corrected chi connectivity index (χ1v) is 10.5. The molecule has 0 radical (unpaired) electrons. The van der Waals surface area contributed by atoms with Crippen LogP contribution in [-0.4, -0.2) is 30.5 Å². The van der Waals surface area contributed by atoms with Crippen LogP contribution < -0.4 is 15.2 Å². The van der Waals surface area contributed by atoms with Crippen LogP contribution in [0.25, 0.3) is 11.0 Å². The zero-order valence-electron chi connectivity index (χ0n) is 16.8. The van der Waals surface area contributed by atoms with Crippen molar-refractivity contribution in [2.75, 3.05) is 5.32 Å². The molecule has 0 bridgehead atoms. The molecule has 0 aliphatic carbocycles. The maximum absolute atomic E-state index is 13.1. The molecular formula is C20H21N3O6S. The van der Waals surface area contributed by atoms with Gasteiger partial charge >= 0.3 is 16.1 Å². The Morgan fingerprint density at radius 1 is 1.17 bits per heavy atom.